The number of benzene rings is 2. The van der Waals surface area contributed by atoms with Crippen LogP contribution in [0.25, 0.3) is 0 Å². The largest absolute Gasteiger partial charge is 0.519 e. The number of nitrogens with one attached hydrogen (secondary N) is 1. The van der Waals surface area contributed by atoms with Gasteiger partial charge >= 0.3 is 11.8 Å². The van der Waals surface area contributed by atoms with Crippen molar-refractivity contribution in [1.82, 2.24) is 9.88 Å². The third-order valence-electron chi connectivity index (χ3n) is 5.65. The number of rotatable bonds is 13. The average Bonchev–Trinajstić information content (AvgIpc) is 3.50. The van der Waals surface area contributed by atoms with Crippen LogP contribution in [0.2, 0.25) is 10.0 Å². The molecule has 0 unspecified atom stereocenters. The van der Waals surface area contributed by atoms with Gasteiger partial charge in [0.25, 0.3) is 10.0 Å². The first-order valence-corrected chi connectivity index (χ1v) is 14.9. The van der Waals surface area contributed by atoms with Crippen molar-refractivity contribution in [3.63, 3.8) is 0 Å². The first-order valence-electron chi connectivity index (χ1n) is 11.8. The van der Waals surface area contributed by atoms with Gasteiger partial charge in [-0.15, -0.1) is 11.3 Å². The fourth-order valence-corrected chi connectivity index (χ4v) is 6.16. The maximum atomic E-state index is 14.9. The van der Waals surface area contributed by atoms with Gasteiger partial charge in [-0.3, -0.25) is 14.4 Å². The van der Waals surface area contributed by atoms with Gasteiger partial charge in [-0.1, -0.05) is 23.2 Å². The minimum atomic E-state index is -4.30. The van der Waals surface area contributed by atoms with Crippen LogP contribution in [0, 0.1) is 12.7 Å². The number of carbonyl (C=O) groups is 1. The number of anilines is 1. The molecule has 2 aromatic carbocycles. The number of thiazole rings is 1. The lowest BCUT2D eigenvalue weighted by molar-refractivity contribution is -0.138. The minimum absolute atomic E-state index is 0.0460. The highest BCUT2D eigenvalue weighted by atomic mass is 35.5. The van der Waals surface area contributed by atoms with E-state index in [9.17, 15) is 27.5 Å². The molecule has 0 aliphatic rings. The number of aryl methyl sites for hydroxylation is 2. The molecule has 0 aliphatic carbocycles. The van der Waals surface area contributed by atoms with Crippen molar-refractivity contribution in [3.8, 4) is 11.5 Å². The van der Waals surface area contributed by atoms with Crippen molar-refractivity contribution >= 4 is 55.7 Å². The maximum Gasteiger partial charge on any atom is 0.519 e. The highest BCUT2D eigenvalue weighted by molar-refractivity contribution is 7.93. The number of nitrogens with zero attached hydrogens (tertiary/aromatic N) is 2. The fourth-order valence-electron chi connectivity index (χ4n) is 3.82. The Morgan fingerprint density at radius 1 is 1.22 bits per heavy atom. The number of carboxylic acids is 1. The minimum Gasteiger partial charge on any atom is -0.480 e. The van der Waals surface area contributed by atoms with Crippen LogP contribution in [0.3, 0.4) is 0 Å². The van der Waals surface area contributed by atoms with Crippen molar-refractivity contribution in [2.75, 3.05) is 17.8 Å². The predicted octanol–water partition coefficient (Wildman–Crippen LogP) is 5.56. The lowest BCUT2D eigenvalue weighted by Crippen LogP contribution is -2.30. The lowest BCUT2D eigenvalue weighted by Gasteiger charge is -2.19. The zero-order chi connectivity index (χ0) is 29.7. The van der Waals surface area contributed by atoms with E-state index in [0.717, 1.165) is 23.5 Å². The SMILES string of the molecule is Cc1oc(=O)oc1CN(CCCc1cc(Cl)ccc1Oc1cc(F)c(S(=O)(=O)Nc2nccs2)cc1Cl)CC(=O)O. The van der Waals surface area contributed by atoms with Gasteiger partial charge in [0.2, 0.25) is 0 Å². The Morgan fingerprint density at radius 2 is 2.00 bits per heavy atom. The highest BCUT2D eigenvalue weighted by Gasteiger charge is 2.24. The van der Waals surface area contributed by atoms with Crippen LogP contribution in [-0.4, -0.2) is 42.5 Å². The van der Waals surface area contributed by atoms with Crippen LogP contribution in [0.4, 0.5) is 9.52 Å². The van der Waals surface area contributed by atoms with E-state index in [2.05, 4.69) is 9.71 Å². The molecule has 218 valence electrons. The Balaban J connectivity index is 1.49. The second kappa shape index (κ2) is 13.0. The third kappa shape index (κ3) is 8.07. The van der Waals surface area contributed by atoms with E-state index >= 15 is 0 Å². The Bertz CT molecular complexity index is 1710. The van der Waals surface area contributed by atoms with Crippen LogP contribution in [-0.2, 0) is 27.8 Å². The molecule has 0 amide bonds. The second-order valence-corrected chi connectivity index (χ2v) is 12.0. The number of hydrogen-bond donors (Lipinski definition) is 2. The molecule has 4 rings (SSSR count). The molecule has 0 atom stereocenters. The van der Waals surface area contributed by atoms with E-state index in [-0.39, 0.29) is 46.3 Å². The number of halogens is 3. The van der Waals surface area contributed by atoms with Crippen molar-refractivity contribution < 1.29 is 36.3 Å². The summed E-state index contributed by atoms with van der Waals surface area (Å²) in [6.45, 7) is 1.57. The monoisotopic (exact) mass is 645 g/mol. The summed E-state index contributed by atoms with van der Waals surface area (Å²) in [5.41, 5.74) is 0.609. The first kappa shape index (κ1) is 30.5. The summed E-state index contributed by atoms with van der Waals surface area (Å²) in [5, 5.41) is 11.2. The summed E-state index contributed by atoms with van der Waals surface area (Å²) in [4.78, 5) is 27.4. The topological polar surface area (TPSA) is 152 Å². The first-order chi connectivity index (χ1) is 19.4. The number of ether oxygens (including phenoxy) is 1. The van der Waals surface area contributed by atoms with E-state index in [1.165, 1.54) is 6.20 Å². The van der Waals surface area contributed by atoms with Crippen molar-refractivity contribution in [3.05, 3.63) is 85.5 Å². The van der Waals surface area contributed by atoms with Crippen molar-refractivity contribution in [2.45, 2.75) is 31.2 Å². The van der Waals surface area contributed by atoms with Gasteiger partial charge in [0, 0.05) is 22.7 Å². The Labute approximate surface area is 247 Å². The van der Waals surface area contributed by atoms with E-state index in [0.29, 0.717) is 30.0 Å². The smallest absolute Gasteiger partial charge is 0.480 e. The normalized spacial score (nSPS) is 11.6. The summed E-state index contributed by atoms with van der Waals surface area (Å²) in [6, 6.07) is 6.56. The molecule has 0 spiro atoms. The van der Waals surface area contributed by atoms with Crippen LogP contribution in [0.1, 0.15) is 23.5 Å². The standard InChI is InChI=1S/C25H22Cl2FN3O8S2/c1-14-21(39-25(34)37-14)12-31(13-23(32)33)7-2-3-15-9-16(26)4-5-19(15)38-20-11-18(28)22(10-17(20)27)41(35,36)30-24-29-6-8-40-24/h4-6,8-11H,2-3,7,12-13H2,1H3,(H,29,30)(H,32,33). The quantitative estimate of drug-likeness (QED) is 0.189. The van der Waals surface area contributed by atoms with Gasteiger partial charge in [-0.05, 0) is 56.1 Å². The van der Waals surface area contributed by atoms with E-state index in [1.807, 2.05) is 0 Å². The number of sulfonamides is 1. The molecule has 0 fully saturated rings. The van der Waals surface area contributed by atoms with Gasteiger partial charge in [0.15, 0.2) is 10.9 Å². The van der Waals surface area contributed by atoms with E-state index < -0.39 is 32.5 Å². The van der Waals surface area contributed by atoms with Gasteiger partial charge < -0.3 is 18.7 Å². The summed E-state index contributed by atoms with van der Waals surface area (Å²) >= 11 is 13.5. The molecular formula is C25H22Cl2FN3O8S2. The third-order valence-corrected chi connectivity index (χ3v) is 8.36. The maximum absolute atomic E-state index is 14.9. The molecular weight excluding hydrogens is 624 g/mol. The zero-order valence-electron chi connectivity index (χ0n) is 21.2. The van der Waals surface area contributed by atoms with Crippen LogP contribution in [0.15, 0.2) is 60.4 Å². The van der Waals surface area contributed by atoms with Crippen molar-refractivity contribution in [1.29, 1.82) is 0 Å². The van der Waals surface area contributed by atoms with Gasteiger partial charge in [0.1, 0.15) is 28.0 Å². The summed E-state index contributed by atoms with van der Waals surface area (Å²) < 4.78 is 58.1. The number of aromatic nitrogens is 1. The Morgan fingerprint density at radius 3 is 2.66 bits per heavy atom. The molecule has 2 N–H and O–H groups in total. The van der Waals surface area contributed by atoms with Crippen LogP contribution < -0.4 is 15.3 Å². The van der Waals surface area contributed by atoms with Gasteiger partial charge in [-0.2, -0.15) is 0 Å². The second-order valence-electron chi connectivity index (χ2n) is 8.65. The number of carboxylic acid groups (broad SMARTS) is 1. The molecule has 2 aromatic heterocycles. The summed E-state index contributed by atoms with van der Waals surface area (Å²) in [7, 11) is -4.30. The molecule has 0 saturated carbocycles. The van der Waals surface area contributed by atoms with Gasteiger partial charge in [-0.25, -0.2) is 22.6 Å². The van der Waals surface area contributed by atoms with Gasteiger partial charge in [0.05, 0.1) is 18.1 Å². The molecule has 2 heterocycles. The molecule has 0 saturated heterocycles. The lowest BCUT2D eigenvalue weighted by atomic mass is 10.1. The predicted molar refractivity (Wildman–Crippen MR) is 149 cm³/mol. The van der Waals surface area contributed by atoms with E-state index in [4.69, 9.17) is 36.8 Å². The Kier molecular flexibility index (Phi) is 9.71. The molecule has 11 nitrogen and oxygen atoms in total. The Hall–Kier alpha value is -3.43. The summed E-state index contributed by atoms with van der Waals surface area (Å²) in [5.74, 6) is -2.37. The molecule has 4 aromatic rings. The zero-order valence-corrected chi connectivity index (χ0v) is 24.4. The molecule has 0 radical (unpaired) electrons. The number of hydrogen-bond acceptors (Lipinski definition) is 10. The molecule has 16 heteroatoms. The van der Waals surface area contributed by atoms with E-state index in [1.54, 1.807) is 35.4 Å². The summed E-state index contributed by atoms with van der Waals surface area (Å²) in [6.07, 6.45) is 2.20. The van der Waals surface area contributed by atoms with Crippen LogP contribution in [0.5, 0.6) is 11.5 Å². The molecule has 0 bridgehead atoms. The highest BCUT2D eigenvalue weighted by Crippen LogP contribution is 2.36. The van der Waals surface area contributed by atoms with Crippen molar-refractivity contribution in [2.24, 2.45) is 0 Å². The van der Waals surface area contributed by atoms with Crippen LogP contribution >= 0.6 is 34.5 Å². The molecule has 0 aliphatic heterocycles. The fraction of sp³-hybridized carbons (Fsp3) is 0.240. The average molecular weight is 647 g/mol. The molecule has 41 heavy (non-hydrogen) atoms. The number of aliphatic carboxylic acids is 1.